The van der Waals surface area contributed by atoms with E-state index in [-0.39, 0.29) is 29.0 Å². The van der Waals surface area contributed by atoms with Crippen LogP contribution in [0.3, 0.4) is 0 Å². The van der Waals surface area contributed by atoms with Crippen molar-refractivity contribution in [1.29, 1.82) is 0 Å². The molecule has 1 heterocycles. The highest BCUT2D eigenvalue weighted by atomic mass is 19.1. The second-order valence-corrected chi connectivity index (χ2v) is 7.37. The molecule has 0 radical (unpaired) electrons. The van der Waals surface area contributed by atoms with E-state index in [1.54, 1.807) is 43.4 Å². The maximum Gasteiger partial charge on any atom is 0.274 e. The number of rotatable bonds is 4. The number of halogens is 1. The fourth-order valence-electron chi connectivity index (χ4n) is 4.11. The van der Waals surface area contributed by atoms with Gasteiger partial charge in [-0.15, -0.1) is 0 Å². The largest absolute Gasteiger partial charge is 0.344 e. The summed E-state index contributed by atoms with van der Waals surface area (Å²) in [6.07, 6.45) is 4.28. The Hall–Kier alpha value is -3.02. The SMILES string of the molecule is Cn1nc(C(=O)N[C@@H](c2ccc(F)cc2)C2CCCC2)c2ccccc2c1=O. The molecule has 1 N–H and O–H groups in total. The number of hydrogen-bond acceptors (Lipinski definition) is 3. The third-order valence-corrected chi connectivity index (χ3v) is 5.56. The second kappa shape index (κ2) is 7.54. The first-order valence-electron chi connectivity index (χ1n) is 9.57. The minimum absolute atomic E-state index is 0.214. The van der Waals surface area contributed by atoms with Crippen molar-refractivity contribution in [2.75, 3.05) is 0 Å². The summed E-state index contributed by atoms with van der Waals surface area (Å²) in [5.74, 6) is -0.327. The summed E-state index contributed by atoms with van der Waals surface area (Å²) in [4.78, 5) is 25.5. The zero-order valence-electron chi connectivity index (χ0n) is 15.7. The third-order valence-electron chi connectivity index (χ3n) is 5.56. The van der Waals surface area contributed by atoms with E-state index in [1.807, 2.05) is 0 Å². The van der Waals surface area contributed by atoms with Crippen molar-refractivity contribution in [2.45, 2.75) is 31.7 Å². The summed E-state index contributed by atoms with van der Waals surface area (Å²) >= 11 is 0. The first-order valence-corrected chi connectivity index (χ1v) is 9.57. The molecule has 1 saturated carbocycles. The number of amides is 1. The molecule has 5 nitrogen and oxygen atoms in total. The molecule has 4 rings (SSSR count). The molecule has 1 amide bonds. The highest BCUT2D eigenvalue weighted by Gasteiger charge is 2.29. The number of nitrogens with one attached hydrogen (secondary N) is 1. The van der Waals surface area contributed by atoms with E-state index < -0.39 is 0 Å². The van der Waals surface area contributed by atoms with Gasteiger partial charge >= 0.3 is 0 Å². The summed E-state index contributed by atoms with van der Waals surface area (Å²) in [5, 5.41) is 8.33. The van der Waals surface area contributed by atoms with Gasteiger partial charge < -0.3 is 5.32 Å². The standard InChI is InChI=1S/C22H22FN3O2/c1-26-22(28)18-9-5-4-8-17(18)20(25-26)21(27)24-19(14-6-2-3-7-14)15-10-12-16(23)13-11-15/h4-5,8-14,19H,2-3,6-7H2,1H3,(H,24,27)/t19-/m1/s1. The van der Waals surface area contributed by atoms with Gasteiger partial charge in [-0.3, -0.25) is 9.59 Å². The Bertz CT molecular complexity index is 1070. The first kappa shape index (κ1) is 18.3. The molecule has 2 aromatic carbocycles. The highest BCUT2D eigenvalue weighted by Crippen LogP contribution is 2.36. The molecular weight excluding hydrogens is 357 g/mol. The summed E-state index contributed by atoms with van der Waals surface area (Å²) in [6.45, 7) is 0. The van der Waals surface area contributed by atoms with Gasteiger partial charge in [-0.05, 0) is 42.5 Å². The van der Waals surface area contributed by atoms with Gasteiger partial charge in [-0.25, -0.2) is 9.07 Å². The Morgan fingerprint density at radius 3 is 2.43 bits per heavy atom. The average Bonchev–Trinajstić information content (AvgIpc) is 3.24. The van der Waals surface area contributed by atoms with E-state index in [2.05, 4.69) is 10.4 Å². The van der Waals surface area contributed by atoms with Crippen molar-refractivity contribution in [3.8, 4) is 0 Å². The fourth-order valence-corrected chi connectivity index (χ4v) is 4.11. The molecule has 0 bridgehead atoms. The number of nitrogens with zero attached hydrogens (tertiary/aromatic N) is 2. The molecule has 1 atom stereocenters. The van der Waals surface area contributed by atoms with Crippen LogP contribution in [-0.2, 0) is 7.05 Å². The van der Waals surface area contributed by atoms with Crippen LogP contribution in [0.1, 0.15) is 47.8 Å². The van der Waals surface area contributed by atoms with Crippen LogP contribution in [0.5, 0.6) is 0 Å². The van der Waals surface area contributed by atoms with Crippen LogP contribution in [0.15, 0.2) is 53.3 Å². The van der Waals surface area contributed by atoms with Crippen LogP contribution in [-0.4, -0.2) is 15.7 Å². The number of carbonyl (C=O) groups is 1. The molecule has 0 aliphatic heterocycles. The number of aryl methyl sites for hydroxylation is 1. The molecule has 0 spiro atoms. The number of carbonyl (C=O) groups excluding carboxylic acids is 1. The van der Waals surface area contributed by atoms with Gasteiger partial charge in [0.15, 0.2) is 5.69 Å². The molecule has 1 aliphatic carbocycles. The smallest absolute Gasteiger partial charge is 0.274 e. The number of fused-ring (bicyclic) bond motifs is 1. The van der Waals surface area contributed by atoms with Crippen LogP contribution in [0.25, 0.3) is 10.8 Å². The highest BCUT2D eigenvalue weighted by molar-refractivity contribution is 6.04. The lowest BCUT2D eigenvalue weighted by Crippen LogP contribution is -2.35. The number of aromatic nitrogens is 2. The minimum atomic E-state index is -0.326. The number of benzene rings is 2. The monoisotopic (exact) mass is 379 g/mol. The first-order chi connectivity index (χ1) is 13.5. The molecule has 28 heavy (non-hydrogen) atoms. The third kappa shape index (κ3) is 3.42. The van der Waals surface area contributed by atoms with E-state index in [9.17, 15) is 14.0 Å². The molecule has 3 aromatic rings. The van der Waals surface area contributed by atoms with Gasteiger partial charge in [-0.1, -0.05) is 43.2 Å². The van der Waals surface area contributed by atoms with E-state index >= 15 is 0 Å². The topological polar surface area (TPSA) is 64.0 Å². The van der Waals surface area contributed by atoms with Gasteiger partial charge in [0.1, 0.15) is 5.82 Å². The summed E-state index contributed by atoms with van der Waals surface area (Å²) in [6, 6.07) is 13.1. The van der Waals surface area contributed by atoms with Crippen molar-refractivity contribution in [3.63, 3.8) is 0 Å². The molecule has 144 valence electrons. The Morgan fingerprint density at radius 1 is 1.11 bits per heavy atom. The lowest BCUT2D eigenvalue weighted by Gasteiger charge is -2.25. The molecule has 6 heteroatoms. The van der Waals surface area contributed by atoms with Gasteiger partial charge in [0.05, 0.1) is 11.4 Å². The molecular formula is C22H22FN3O2. The van der Waals surface area contributed by atoms with Crippen molar-refractivity contribution in [1.82, 2.24) is 15.1 Å². The van der Waals surface area contributed by atoms with Crippen LogP contribution in [0.2, 0.25) is 0 Å². The van der Waals surface area contributed by atoms with Crippen molar-refractivity contribution in [3.05, 3.63) is 76.0 Å². The molecule has 1 fully saturated rings. The Morgan fingerprint density at radius 2 is 1.75 bits per heavy atom. The predicted molar refractivity (Wildman–Crippen MR) is 106 cm³/mol. The Balaban J connectivity index is 1.72. The van der Waals surface area contributed by atoms with Crippen molar-refractivity contribution >= 4 is 16.7 Å². The normalized spacial score (nSPS) is 15.6. The predicted octanol–water partition coefficient (Wildman–Crippen LogP) is 3.73. The lowest BCUT2D eigenvalue weighted by molar-refractivity contribution is 0.0916. The van der Waals surface area contributed by atoms with Gasteiger partial charge in [0.25, 0.3) is 11.5 Å². The summed E-state index contributed by atoms with van der Waals surface area (Å²) in [7, 11) is 1.54. The van der Waals surface area contributed by atoms with Crippen LogP contribution < -0.4 is 10.9 Å². The quantitative estimate of drug-likeness (QED) is 0.751. The zero-order chi connectivity index (χ0) is 19.7. The fraction of sp³-hybridized carbons (Fsp3) is 0.318. The molecule has 0 saturated heterocycles. The van der Waals surface area contributed by atoms with Crippen LogP contribution in [0.4, 0.5) is 4.39 Å². The summed E-state index contributed by atoms with van der Waals surface area (Å²) in [5.41, 5.74) is 0.872. The average molecular weight is 379 g/mol. The van der Waals surface area contributed by atoms with Crippen molar-refractivity contribution < 1.29 is 9.18 Å². The maximum atomic E-state index is 13.4. The lowest BCUT2D eigenvalue weighted by atomic mass is 9.91. The van der Waals surface area contributed by atoms with Crippen LogP contribution >= 0.6 is 0 Å². The second-order valence-electron chi connectivity index (χ2n) is 7.37. The Kier molecular flexibility index (Phi) is 4.94. The van der Waals surface area contributed by atoms with E-state index in [4.69, 9.17) is 0 Å². The van der Waals surface area contributed by atoms with Gasteiger partial charge in [-0.2, -0.15) is 5.10 Å². The van der Waals surface area contributed by atoms with E-state index in [0.29, 0.717) is 16.7 Å². The van der Waals surface area contributed by atoms with Gasteiger partial charge in [0.2, 0.25) is 0 Å². The number of hydrogen-bond donors (Lipinski definition) is 1. The molecule has 1 aliphatic rings. The van der Waals surface area contributed by atoms with Crippen LogP contribution in [0, 0.1) is 11.7 Å². The van der Waals surface area contributed by atoms with Gasteiger partial charge in [0, 0.05) is 12.4 Å². The Labute approximate surface area is 162 Å². The van der Waals surface area contributed by atoms with E-state index in [1.165, 1.54) is 16.8 Å². The zero-order valence-corrected chi connectivity index (χ0v) is 15.7. The van der Waals surface area contributed by atoms with E-state index in [0.717, 1.165) is 31.2 Å². The molecule has 1 aromatic heterocycles. The minimum Gasteiger partial charge on any atom is -0.344 e. The van der Waals surface area contributed by atoms with Crippen molar-refractivity contribution in [2.24, 2.45) is 13.0 Å². The molecule has 0 unspecified atom stereocenters. The summed E-state index contributed by atoms with van der Waals surface area (Å²) < 4.78 is 14.6. The maximum absolute atomic E-state index is 13.4.